The van der Waals surface area contributed by atoms with Gasteiger partial charge in [0.15, 0.2) is 0 Å². The van der Waals surface area contributed by atoms with Crippen LogP contribution in [-0.2, 0) is 6.54 Å². The van der Waals surface area contributed by atoms with E-state index in [2.05, 4.69) is 4.90 Å². The molecule has 102 valence electrons. The minimum absolute atomic E-state index is 0.0497. The van der Waals surface area contributed by atoms with Crippen molar-refractivity contribution in [1.82, 2.24) is 4.90 Å². The Morgan fingerprint density at radius 2 is 1.89 bits per heavy atom. The second-order valence-electron chi connectivity index (χ2n) is 4.38. The van der Waals surface area contributed by atoms with E-state index in [1.165, 1.54) is 0 Å². The van der Waals surface area contributed by atoms with Crippen molar-refractivity contribution in [3.05, 3.63) is 58.0 Å². The number of nitrogens with two attached hydrogens (primary N) is 1. The van der Waals surface area contributed by atoms with Gasteiger partial charge in [-0.15, -0.1) is 0 Å². The van der Waals surface area contributed by atoms with Crippen LogP contribution in [0.3, 0.4) is 0 Å². The lowest BCUT2D eigenvalue weighted by Crippen LogP contribution is -2.30. The van der Waals surface area contributed by atoms with E-state index >= 15 is 0 Å². The zero-order chi connectivity index (χ0) is 13.8. The number of hydrogen-bond donors (Lipinski definition) is 1. The van der Waals surface area contributed by atoms with Crippen LogP contribution in [0.25, 0.3) is 0 Å². The average Bonchev–Trinajstić information content (AvgIpc) is 2.86. The van der Waals surface area contributed by atoms with Gasteiger partial charge < -0.3 is 10.2 Å². The predicted molar refractivity (Wildman–Crippen MR) is 78.4 cm³/mol. The van der Waals surface area contributed by atoms with Gasteiger partial charge in [0.05, 0.1) is 18.8 Å². The van der Waals surface area contributed by atoms with Gasteiger partial charge in [0.2, 0.25) is 0 Å². The topological polar surface area (TPSA) is 42.4 Å². The first-order valence-electron chi connectivity index (χ1n) is 6.00. The zero-order valence-corrected chi connectivity index (χ0v) is 12.2. The van der Waals surface area contributed by atoms with Gasteiger partial charge in [-0.05, 0) is 31.3 Å². The smallest absolute Gasteiger partial charge is 0.117 e. The van der Waals surface area contributed by atoms with Gasteiger partial charge in [-0.1, -0.05) is 29.3 Å². The predicted octanol–water partition coefficient (Wildman–Crippen LogP) is 3.72. The Morgan fingerprint density at radius 3 is 2.42 bits per heavy atom. The summed E-state index contributed by atoms with van der Waals surface area (Å²) in [7, 11) is 1.97. The van der Waals surface area contributed by atoms with Crippen molar-refractivity contribution in [3.8, 4) is 0 Å². The molecule has 0 saturated heterocycles. The second kappa shape index (κ2) is 6.44. The van der Waals surface area contributed by atoms with Gasteiger partial charge in [-0.3, -0.25) is 4.90 Å². The molecule has 1 unspecified atom stereocenters. The van der Waals surface area contributed by atoms with E-state index in [9.17, 15) is 0 Å². The minimum atomic E-state index is -0.0497. The van der Waals surface area contributed by atoms with Gasteiger partial charge in [0.25, 0.3) is 0 Å². The SMILES string of the molecule is CN(Cc1ccco1)C(CN)c1c(Cl)cccc1Cl. The highest BCUT2D eigenvalue weighted by atomic mass is 35.5. The zero-order valence-electron chi connectivity index (χ0n) is 10.6. The maximum absolute atomic E-state index is 6.24. The summed E-state index contributed by atoms with van der Waals surface area (Å²) in [6.45, 7) is 1.08. The second-order valence-corrected chi connectivity index (χ2v) is 5.20. The van der Waals surface area contributed by atoms with Crippen LogP contribution in [0.4, 0.5) is 0 Å². The lowest BCUT2D eigenvalue weighted by molar-refractivity contribution is 0.223. The molecule has 3 nitrogen and oxygen atoms in total. The molecule has 1 aromatic carbocycles. The lowest BCUT2D eigenvalue weighted by Gasteiger charge is -2.28. The van der Waals surface area contributed by atoms with Crippen LogP contribution in [0.5, 0.6) is 0 Å². The van der Waals surface area contributed by atoms with Crippen LogP contribution in [0.15, 0.2) is 41.0 Å². The van der Waals surface area contributed by atoms with E-state index in [-0.39, 0.29) is 6.04 Å². The van der Waals surface area contributed by atoms with E-state index in [1.807, 2.05) is 37.4 Å². The molecule has 19 heavy (non-hydrogen) atoms. The fraction of sp³-hybridized carbons (Fsp3) is 0.286. The first-order valence-corrected chi connectivity index (χ1v) is 6.75. The number of benzene rings is 1. The highest BCUT2D eigenvalue weighted by Crippen LogP contribution is 2.33. The third kappa shape index (κ3) is 3.31. The number of halogens is 2. The number of rotatable bonds is 5. The molecule has 1 heterocycles. The summed E-state index contributed by atoms with van der Waals surface area (Å²) in [5.41, 5.74) is 6.75. The van der Waals surface area contributed by atoms with Gasteiger partial charge in [0.1, 0.15) is 5.76 Å². The average molecular weight is 299 g/mol. The van der Waals surface area contributed by atoms with Crippen LogP contribution < -0.4 is 5.73 Å². The monoisotopic (exact) mass is 298 g/mol. The number of likely N-dealkylation sites (N-methyl/N-ethyl adjacent to an activating group) is 1. The van der Waals surface area contributed by atoms with Crippen molar-refractivity contribution in [1.29, 1.82) is 0 Å². The van der Waals surface area contributed by atoms with Crippen molar-refractivity contribution >= 4 is 23.2 Å². The lowest BCUT2D eigenvalue weighted by atomic mass is 10.1. The molecule has 0 radical (unpaired) electrons. The van der Waals surface area contributed by atoms with Crippen LogP contribution >= 0.6 is 23.2 Å². The Hall–Kier alpha value is -1.00. The van der Waals surface area contributed by atoms with E-state index in [4.69, 9.17) is 33.4 Å². The number of hydrogen-bond acceptors (Lipinski definition) is 3. The largest absolute Gasteiger partial charge is 0.468 e. The van der Waals surface area contributed by atoms with E-state index in [0.717, 1.165) is 11.3 Å². The molecule has 5 heteroatoms. The molecule has 0 bridgehead atoms. The van der Waals surface area contributed by atoms with Crippen molar-refractivity contribution < 1.29 is 4.42 Å². The summed E-state index contributed by atoms with van der Waals surface area (Å²) in [5, 5.41) is 1.27. The molecule has 0 spiro atoms. The molecule has 0 aliphatic carbocycles. The summed E-state index contributed by atoms with van der Waals surface area (Å²) in [4.78, 5) is 2.08. The Morgan fingerprint density at radius 1 is 1.21 bits per heavy atom. The normalized spacial score (nSPS) is 12.9. The third-order valence-corrected chi connectivity index (χ3v) is 3.73. The molecule has 0 saturated carbocycles. The Balaban J connectivity index is 2.24. The van der Waals surface area contributed by atoms with Crippen LogP contribution in [0, 0.1) is 0 Å². The molecule has 2 N–H and O–H groups in total. The first kappa shape index (κ1) is 14.4. The Labute approximate surface area is 122 Å². The van der Waals surface area contributed by atoms with Crippen molar-refractivity contribution in [3.63, 3.8) is 0 Å². The maximum atomic E-state index is 6.24. The summed E-state index contributed by atoms with van der Waals surface area (Å²) in [6, 6.07) is 9.22. The standard InChI is InChI=1S/C14H16Cl2N2O/c1-18(9-10-4-3-7-19-10)13(8-17)14-11(15)5-2-6-12(14)16/h2-7,13H,8-9,17H2,1H3. The summed E-state index contributed by atoms with van der Waals surface area (Å²) < 4.78 is 5.35. The van der Waals surface area contributed by atoms with E-state index in [0.29, 0.717) is 23.1 Å². The fourth-order valence-electron chi connectivity index (χ4n) is 2.11. The van der Waals surface area contributed by atoms with Gasteiger partial charge in [-0.25, -0.2) is 0 Å². The molecular formula is C14H16Cl2N2O. The highest BCUT2D eigenvalue weighted by molar-refractivity contribution is 6.36. The number of nitrogens with zero attached hydrogens (tertiary/aromatic N) is 1. The van der Waals surface area contributed by atoms with Gasteiger partial charge in [0, 0.05) is 22.2 Å². The molecule has 1 atom stereocenters. The van der Waals surface area contributed by atoms with Crippen molar-refractivity contribution in [2.75, 3.05) is 13.6 Å². The molecular weight excluding hydrogens is 283 g/mol. The Kier molecular flexibility index (Phi) is 4.88. The molecule has 0 aliphatic heterocycles. The highest BCUT2D eigenvalue weighted by Gasteiger charge is 2.21. The summed E-state index contributed by atoms with van der Waals surface area (Å²) >= 11 is 12.5. The molecule has 0 fully saturated rings. The van der Waals surface area contributed by atoms with E-state index < -0.39 is 0 Å². The van der Waals surface area contributed by atoms with Crippen LogP contribution in [0.2, 0.25) is 10.0 Å². The third-order valence-electron chi connectivity index (χ3n) is 3.07. The van der Waals surface area contributed by atoms with E-state index in [1.54, 1.807) is 6.26 Å². The number of furan rings is 1. The molecule has 0 aliphatic rings. The quantitative estimate of drug-likeness (QED) is 0.915. The minimum Gasteiger partial charge on any atom is -0.468 e. The summed E-state index contributed by atoms with van der Waals surface area (Å²) in [5.74, 6) is 0.879. The van der Waals surface area contributed by atoms with Crippen molar-refractivity contribution in [2.45, 2.75) is 12.6 Å². The molecule has 1 aromatic heterocycles. The van der Waals surface area contributed by atoms with Crippen LogP contribution in [-0.4, -0.2) is 18.5 Å². The summed E-state index contributed by atoms with van der Waals surface area (Å²) in [6.07, 6.45) is 1.66. The van der Waals surface area contributed by atoms with Crippen LogP contribution in [0.1, 0.15) is 17.4 Å². The molecule has 2 rings (SSSR count). The molecule has 0 amide bonds. The van der Waals surface area contributed by atoms with Gasteiger partial charge >= 0.3 is 0 Å². The molecule has 2 aromatic rings. The first-order chi connectivity index (χ1) is 9.13. The van der Waals surface area contributed by atoms with Crippen molar-refractivity contribution in [2.24, 2.45) is 5.73 Å². The van der Waals surface area contributed by atoms with Gasteiger partial charge in [-0.2, -0.15) is 0 Å². The fourth-order valence-corrected chi connectivity index (χ4v) is 2.76. The maximum Gasteiger partial charge on any atom is 0.117 e. The Bertz CT molecular complexity index is 508.